The molecule has 3 nitrogen and oxygen atoms in total. The lowest BCUT2D eigenvalue weighted by Crippen LogP contribution is -2.14. The monoisotopic (exact) mass is 299 g/mol. The van der Waals surface area contributed by atoms with Crippen LogP contribution in [0.1, 0.15) is 42.1 Å². The average molecular weight is 299 g/mol. The SMILES string of the molecule is CCOc1ccc(C(N)c2cccc(C)c2C)cc1OCC. The molecule has 0 fully saturated rings. The number of rotatable bonds is 6. The van der Waals surface area contributed by atoms with Crippen molar-refractivity contribution in [3.63, 3.8) is 0 Å². The minimum atomic E-state index is -0.171. The molecule has 1 unspecified atom stereocenters. The zero-order valence-electron chi connectivity index (χ0n) is 13.8. The lowest BCUT2D eigenvalue weighted by Gasteiger charge is -2.19. The van der Waals surface area contributed by atoms with E-state index in [1.165, 1.54) is 11.1 Å². The topological polar surface area (TPSA) is 44.5 Å². The molecule has 0 aliphatic heterocycles. The summed E-state index contributed by atoms with van der Waals surface area (Å²) in [7, 11) is 0. The Morgan fingerprint density at radius 3 is 2.32 bits per heavy atom. The maximum atomic E-state index is 6.48. The van der Waals surface area contributed by atoms with Crippen LogP contribution in [-0.4, -0.2) is 13.2 Å². The summed E-state index contributed by atoms with van der Waals surface area (Å²) in [6.45, 7) is 9.36. The Bertz CT molecular complexity index is 637. The van der Waals surface area contributed by atoms with Gasteiger partial charge in [0.25, 0.3) is 0 Å². The zero-order chi connectivity index (χ0) is 16.1. The smallest absolute Gasteiger partial charge is 0.161 e. The molecule has 22 heavy (non-hydrogen) atoms. The fourth-order valence-corrected chi connectivity index (χ4v) is 2.55. The Hall–Kier alpha value is -2.00. The lowest BCUT2D eigenvalue weighted by atomic mass is 9.93. The maximum Gasteiger partial charge on any atom is 0.161 e. The molecule has 2 N–H and O–H groups in total. The second-order valence-corrected chi connectivity index (χ2v) is 5.34. The minimum absolute atomic E-state index is 0.171. The number of ether oxygens (including phenoxy) is 2. The highest BCUT2D eigenvalue weighted by Gasteiger charge is 2.15. The van der Waals surface area contributed by atoms with E-state index in [4.69, 9.17) is 15.2 Å². The van der Waals surface area contributed by atoms with E-state index in [0.29, 0.717) is 13.2 Å². The van der Waals surface area contributed by atoms with Gasteiger partial charge in [-0.05, 0) is 62.1 Å². The van der Waals surface area contributed by atoms with Gasteiger partial charge in [0.2, 0.25) is 0 Å². The minimum Gasteiger partial charge on any atom is -0.490 e. The molecule has 0 aliphatic carbocycles. The average Bonchev–Trinajstić information content (AvgIpc) is 2.51. The molecule has 2 aromatic rings. The van der Waals surface area contributed by atoms with Gasteiger partial charge in [-0.25, -0.2) is 0 Å². The standard InChI is InChI=1S/C19H25NO2/c1-5-21-17-11-10-15(12-18(17)22-6-2)19(20)16-9-7-8-13(3)14(16)4/h7-12,19H,5-6,20H2,1-4H3. The van der Waals surface area contributed by atoms with Gasteiger partial charge in [0.1, 0.15) is 0 Å². The van der Waals surface area contributed by atoms with Crippen molar-refractivity contribution in [2.24, 2.45) is 5.73 Å². The summed E-state index contributed by atoms with van der Waals surface area (Å²) >= 11 is 0. The number of nitrogens with two attached hydrogens (primary N) is 1. The van der Waals surface area contributed by atoms with Crippen LogP contribution >= 0.6 is 0 Å². The van der Waals surface area contributed by atoms with E-state index in [2.05, 4.69) is 32.0 Å². The van der Waals surface area contributed by atoms with E-state index < -0.39 is 0 Å². The summed E-state index contributed by atoms with van der Waals surface area (Å²) in [5.41, 5.74) is 11.1. The Morgan fingerprint density at radius 1 is 0.955 bits per heavy atom. The highest BCUT2D eigenvalue weighted by molar-refractivity contribution is 5.47. The van der Waals surface area contributed by atoms with Gasteiger partial charge in [0.05, 0.1) is 19.3 Å². The van der Waals surface area contributed by atoms with E-state index in [0.717, 1.165) is 22.6 Å². The third-order valence-electron chi connectivity index (χ3n) is 3.91. The van der Waals surface area contributed by atoms with Crippen molar-refractivity contribution in [1.82, 2.24) is 0 Å². The number of hydrogen-bond acceptors (Lipinski definition) is 3. The van der Waals surface area contributed by atoms with Crippen molar-refractivity contribution in [2.45, 2.75) is 33.7 Å². The molecular formula is C19H25NO2. The predicted molar refractivity (Wildman–Crippen MR) is 90.7 cm³/mol. The normalized spacial score (nSPS) is 12.0. The predicted octanol–water partition coefficient (Wildman–Crippen LogP) is 4.15. The van der Waals surface area contributed by atoms with Gasteiger partial charge in [0, 0.05) is 0 Å². The summed E-state index contributed by atoms with van der Waals surface area (Å²) < 4.78 is 11.3. The van der Waals surface area contributed by atoms with E-state index >= 15 is 0 Å². The van der Waals surface area contributed by atoms with Gasteiger partial charge < -0.3 is 15.2 Å². The van der Waals surface area contributed by atoms with Gasteiger partial charge >= 0.3 is 0 Å². The highest BCUT2D eigenvalue weighted by Crippen LogP contribution is 2.33. The summed E-state index contributed by atoms with van der Waals surface area (Å²) in [6.07, 6.45) is 0. The Morgan fingerprint density at radius 2 is 1.64 bits per heavy atom. The van der Waals surface area contributed by atoms with Crippen LogP contribution in [-0.2, 0) is 0 Å². The lowest BCUT2D eigenvalue weighted by molar-refractivity contribution is 0.287. The van der Waals surface area contributed by atoms with Crippen molar-refractivity contribution >= 4 is 0 Å². The quantitative estimate of drug-likeness (QED) is 0.871. The molecule has 0 saturated heterocycles. The summed E-state index contributed by atoms with van der Waals surface area (Å²) in [5, 5.41) is 0. The first-order valence-corrected chi connectivity index (χ1v) is 7.79. The number of benzene rings is 2. The molecule has 2 aromatic carbocycles. The van der Waals surface area contributed by atoms with Crippen molar-refractivity contribution in [3.05, 3.63) is 58.7 Å². The van der Waals surface area contributed by atoms with E-state index in [1.54, 1.807) is 0 Å². The summed E-state index contributed by atoms with van der Waals surface area (Å²) in [5.74, 6) is 1.52. The van der Waals surface area contributed by atoms with Crippen LogP contribution in [0, 0.1) is 13.8 Å². The number of aryl methyl sites for hydroxylation is 1. The molecule has 2 rings (SSSR count). The molecule has 0 heterocycles. The van der Waals surface area contributed by atoms with Crippen LogP contribution in [0.25, 0.3) is 0 Å². The largest absolute Gasteiger partial charge is 0.490 e. The molecule has 1 atom stereocenters. The van der Waals surface area contributed by atoms with Crippen LogP contribution in [0.15, 0.2) is 36.4 Å². The zero-order valence-corrected chi connectivity index (χ0v) is 13.8. The van der Waals surface area contributed by atoms with Gasteiger partial charge in [0.15, 0.2) is 11.5 Å². The third-order valence-corrected chi connectivity index (χ3v) is 3.91. The van der Waals surface area contributed by atoms with Crippen LogP contribution in [0.2, 0.25) is 0 Å². The second-order valence-electron chi connectivity index (χ2n) is 5.34. The molecule has 3 heteroatoms. The molecule has 0 radical (unpaired) electrons. The van der Waals surface area contributed by atoms with Crippen molar-refractivity contribution in [3.8, 4) is 11.5 Å². The summed E-state index contributed by atoms with van der Waals surface area (Å²) in [4.78, 5) is 0. The maximum absolute atomic E-state index is 6.48. The second kappa shape index (κ2) is 7.32. The van der Waals surface area contributed by atoms with Gasteiger partial charge in [-0.2, -0.15) is 0 Å². The first-order chi connectivity index (χ1) is 10.6. The Balaban J connectivity index is 2.39. The fraction of sp³-hybridized carbons (Fsp3) is 0.368. The van der Waals surface area contributed by atoms with Crippen molar-refractivity contribution < 1.29 is 9.47 Å². The first kappa shape index (κ1) is 16.4. The van der Waals surface area contributed by atoms with Gasteiger partial charge in [-0.3, -0.25) is 0 Å². The molecule has 0 spiro atoms. The molecule has 0 amide bonds. The molecular weight excluding hydrogens is 274 g/mol. The molecule has 0 bridgehead atoms. The van der Waals surface area contributed by atoms with E-state index in [1.807, 2.05) is 32.0 Å². The molecule has 0 saturated carbocycles. The summed E-state index contributed by atoms with van der Waals surface area (Å²) in [6, 6.07) is 12.0. The third kappa shape index (κ3) is 3.42. The first-order valence-electron chi connectivity index (χ1n) is 7.79. The van der Waals surface area contributed by atoms with Crippen LogP contribution in [0.3, 0.4) is 0 Å². The Kier molecular flexibility index (Phi) is 5.45. The van der Waals surface area contributed by atoms with Crippen LogP contribution in [0.4, 0.5) is 0 Å². The van der Waals surface area contributed by atoms with Crippen molar-refractivity contribution in [2.75, 3.05) is 13.2 Å². The van der Waals surface area contributed by atoms with E-state index in [9.17, 15) is 0 Å². The van der Waals surface area contributed by atoms with Gasteiger partial charge in [-0.15, -0.1) is 0 Å². The molecule has 0 aliphatic rings. The van der Waals surface area contributed by atoms with Crippen LogP contribution < -0.4 is 15.2 Å². The fourth-order valence-electron chi connectivity index (χ4n) is 2.55. The van der Waals surface area contributed by atoms with E-state index in [-0.39, 0.29) is 6.04 Å². The number of hydrogen-bond donors (Lipinski definition) is 1. The van der Waals surface area contributed by atoms with Crippen molar-refractivity contribution in [1.29, 1.82) is 0 Å². The molecule has 118 valence electrons. The van der Waals surface area contributed by atoms with Crippen LogP contribution in [0.5, 0.6) is 11.5 Å². The van der Waals surface area contributed by atoms with Gasteiger partial charge in [-0.1, -0.05) is 24.3 Å². The Labute approximate surface area is 133 Å². The highest BCUT2D eigenvalue weighted by atomic mass is 16.5. The molecule has 0 aromatic heterocycles.